The number of nitrogens with one attached hydrogen (secondary N) is 1. The number of hydrogen-bond donors (Lipinski definition) is 1. The number of hydrogen-bond acceptors (Lipinski definition) is 4. The first-order valence-electron chi connectivity index (χ1n) is 9.05. The molecule has 0 heterocycles. The third kappa shape index (κ3) is 6.42. The van der Waals surface area contributed by atoms with E-state index in [0.717, 1.165) is 12.0 Å². The Morgan fingerprint density at radius 1 is 1.21 bits per heavy atom. The van der Waals surface area contributed by atoms with Gasteiger partial charge in [-0.2, -0.15) is 5.26 Å². The number of ether oxygens (including phenoxy) is 2. The molecule has 0 aliphatic carbocycles. The first-order chi connectivity index (χ1) is 13.9. The molecule has 2 aromatic rings. The Balaban J connectivity index is 2.17. The van der Waals surface area contributed by atoms with E-state index in [1.807, 2.05) is 26.0 Å². The molecule has 5 nitrogen and oxygen atoms in total. The fraction of sp³-hybridized carbons (Fsp3) is 0.273. The van der Waals surface area contributed by atoms with Crippen LogP contribution < -0.4 is 14.8 Å². The monoisotopic (exact) mass is 432 g/mol. The smallest absolute Gasteiger partial charge is 0.262 e. The van der Waals surface area contributed by atoms with Gasteiger partial charge in [-0.05, 0) is 54.8 Å². The van der Waals surface area contributed by atoms with Gasteiger partial charge in [0.15, 0.2) is 11.5 Å². The van der Waals surface area contributed by atoms with Crippen molar-refractivity contribution in [1.29, 1.82) is 5.26 Å². The topological polar surface area (TPSA) is 71.4 Å². The Hall–Kier alpha value is -2.68. The fourth-order valence-corrected chi connectivity index (χ4v) is 2.72. The molecule has 0 spiro atoms. The summed E-state index contributed by atoms with van der Waals surface area (Å²) in [5.74, 6) is 0.609. The van der Waals surface area contributed by atoms with E-state index in [-0.39, 0.29) is 18.2 Å². The maximum absolute atomic E-state index is 12.2. The molecule has 1 amide bonds. The number of nitrogens with zero attached hydrogens (tertiary/aromatic N) is 1. The number of halogens is 2. The SMILES string of the molecule is CC[C@@H](C)NC(=O)/C(C#N)=C/c1ccc(OCc2ccc(Cl)c(Cl)c2)c(OC)c1. The van der Waals surface area contributed by atoms with Crippen LogP contribution >= 0.6 is 23.2 Å². The first kappa shape index (κ1) is 22.6. The van der Waals surface area contributed by atoms with Crippen LogP contribution in [0.15, 0.2) is 42.0 Å². The second-order valence-corrected chi connectivity index (χ2v) is 7.21. The predicted molar refractivity (Wildman–Crippen MR) is 115 cm³/mol. The van der Waals surface area contributed by atoms with Crippen molar-refractivity contribution in [3.05, 3.63) is 63.1 Å². The summed E-state index contributed by atoms with van der Waals surface area (Å²) in [6, 6.07) is 12.4. The molecule has 0 bridgehead atoms. The largest absolute Gasteiger partial charge is 0.493 e. The normalized spacial score (nSPS) is 12.1. The molecule has 1 atom stereocenters. The lowest BCUT2D eigenvalue weighted by molar-refractivity contribution is -0.117. The highest BCUT2D eigenvalue weighted by Gasteiger charge is 2.13. The number of nitriles is 1. The highest BCUT2D eigenvalue weighted by atomic mass is 35.5. The second-order valence-electron chi connectivity index (χ2n) is 6.40. The number of rotatable bonds is 8. The lowest BCUT2D eigenvalue weighted by Crippen LogP contribution is -2.32. The summed E-state index contributed by atoms with van der Waals surface area (Å²) in [5.41, 5.74) is 1.54. The Morgan fingerprint density at radius 2 is 1.97 bits per heavy atom. The van der Waals surface area contributed by atoms with Crippen molar-refractivity contribution in [2.45, 2.75) is 32.9 Å². The van der Waals surface area contributed by atoms with Gasteiger partial charge < -0.3 is 14.8 Å². The molecule has 1 N–H and O–H groups in total. The molecule has 2 rings (SSSR count). The van der Waals surface area contributed by atoms with Gasteiger partial charge in [0.25, 0.3) is 5.91 Å². The molecule has 0 radical (unpaired) electrons. The average Bonchev–Trinajstić information content (AvgIpc) is 2.72. The molecule has 0 saturated heterocycles. The van der Waals surface area contributed by atoms with Crippen LogP contribution in [0.5, 0.6) is 11.5 Å². The van der Waals surface area contributed by atoms with Gasteiger partial charge in [-0.3, -0.25) is 4.79 Å². The minimum atomic E-state index is -0.402. The van der Waals surface area contributed by atoms with Crippen molar-refractivity contribution < 1.29 is 14.3 Å². The van der Waals surface area contributed by atoms with Crippen LogP contribution in [-0.2, 0) is 11.4 Å². The molecule has 7 heteroatoms. The number of amides is 1. The summed E-state index contributed by atoms with van der Waals surface area (Å²) in [6.07, 6.45) is 2.30. The van der Waals surface area contributed by atoms with Gasteiger partial charge in [0.1, 0.15) is 18.2 Å². The van der Waals surface area contributed by atoms with Crippen molar-refractivity contribution in [1.82, 2.24) is 5.32 Å². The van der Waals surface area contributed by atoms with E-state index in [0.29, 0.717) is 27.1 Å². The molecule has 29 heavy (non-hydrogen) atoms. The highest BCUT2D eigenvalue weighted by molar-refractivity contribution is 6.42. The van der Waals surface area contributed by atoms with E-state index in [1.54, 1.807) is 30.3 Å². The summed E-state index contributed by atoms with van der Waals surface area (Å²) >= 11 is 12.0. The zero-order chi connectivity index (χ0) is 21.4. The number of carbonyl (C=O) groups is 1. The molecule has 0 saturated carbocycles. The summed E-state index contributed by atoms with van der Waals surface area (Å²) in [5, 5.41) is 13.0. The fourth-order valence-electron chi connectivity index (χ4n) is 2.40. The molecule has 2 aromatic carbocycles. The summed E-state index contributed by atoms with van der Waals surface area (Å²) in [7, 11) is 1.52. The maximum Gasteiger partial charge on any atom is 0.262 e. The van der Waals surface area contributed by atoms with Gasteiger partial charge in [-0.15, -0.1) is 0 Å². The van der Waals surface area contributed by atoms with Gasteiger partial charge in [-0.1, -0.05) is 42.3 Å². The van der Waals surface area contributed by atoms with Gasteiger partial charge in [-0.25, -0.2) is 0 Å². The van der Waals surface area contributed by atoms with Gasteiger partial charge in [0.05, 0.1) is 17.2 Å². The zero-order valence-corrected chi connectivity index (χ0v) is 18.0. The van der Waals surface area contributed by atoms with Gasteiger partial charge >= 0.3 is 0 Å². The van der Waals surface area contributed by atoms with Crippen LogP contribution in [0.25, 0.3) is 6.08 Å². The molecule has 0 fully saturated rings. The van der Waals surface area contributed by atoms with Crippen LogP contribution in [0.3, 0.4) is 0 Å². The quantitative estimate of drug-likeness (QED) is 0.447. The van der Waals surface area contributed by atoms with Crippen LogP contribution in [-0.4, -0.2) is 19.1 Å². The number of carbonyl (C=O) groups excluding carboxylic acids is 1. The van der Waals surface area contributed by atoms with Crippen LogP contribution in [0.4, 0.5) is 0 Å². The molecular formula is C22H22Cl2N2O3. The molecular weight excluding hydrogens is 411 g/mol. The first-order valence-corrected chi connectivity index (χ1v) is 9.81. The average molecular weight is 433 g/mol. The summed E-state index contributed by atoms with van der Waals surface area (Å²) in [6.45, 7) is 4.13. The van der Waals surface area contributed by atoms with Crippen molar-refractivity contribution in [3.8, 4) is 17.6 Å². The van der Waals surface area contributed by atoms with Crippen molar-refractivity contribution in [3.63, 3.8) is 0 Å². The predicted octanol–water partition coefficient (Wildman–Crippen LogP) is 5.40. The lowest BCUT2D eigenvalue weighted by atomic mass is 10.1. The van der Waals surface area contributed by atoms with E-state index >= 15 is 0 Å². The van der Waals surface area contributed by atoms with Crippen molar-refractivity contribution >= 4 is 35.2 Å². The Morgan fingerprint density at radius 3 is 2.59 bits per heavy atom. The zero-order valence-electron chi connectivity index (χ0n) is 16.5. The summed E-state index contributed by atoms with van der Waals surface area (Å²) in [4.78, 5) is 12.2. The maximum atomic E-state index is 12.2. The van der Waals surface area contributed by atoms with Crippen LogP contribution in [0, 0.1) is 11.3 Å². The van der Waals surface area contributed by atoms with Crippen molar-refractivity contribution in [2.75, 3.05) is 7.11 Å². The molecule has 0 aromatic heterocycles. The third-order valence-corrected chi connectivity index (χ3v) is 4.97. The van der Waals surface area contributed by atoms with Gasteiger partial charge in [0.2, 0.25) is 0 Å². The molecule has 0 unspecified atom stereocenters. The Kier molecular flexibility index (Phi) is 8.38. The minimum Gasteiger partial charge on any atom is -0.493 e. The van der Waals surface area contributed by atoms with Crippen LogP contribution in [0.1, 0.15) is 31.4 Å². The van der Waals surface area contributed by atoms with Gasteiger partial charge in [0, 0.05) is 6.04 Å². The van der Waals surface area contributed by atoms with E-state index in [1.165, 1.54) is 13.2 Å². The highest BCUT2D eigenvalue weighted by Crippen LogP contribution is 2.30. The molecule has 0 aliphatic rings. The molecule has 152 valence electrons. The minimum absolute atomic E-state index is 0.00840. The second kappa shape index (κ2) is 10.8. The number of benzene rings is 2. The third-order valence-electron chi connectivity index (χ3n) is 4.23. The van der Waals surface area contributed by atoms with E-state index < -0.39 is 5.91 Å². The van der Waals surface area contributed by atoms with E-state index in [4.69, 9.17) is 32.7 Å². The Bertz CT molecular complexity index is 952. The summed E-state index contributed by atoms with van der Waals surface area (Å²) < 4.78 is 11.2. The van der Waals surface area contributed by atoms with Crippen LogP contribution in [0.2, 0.25) is 10.0 Å². The number of methoxy groups -OCH3 is 1. The lowest BCUT2D eigenvalue weighted by Gasteiger charge is -2.12. The van der Waals surface area contributed by atoms with E-state index in [2.05, 4.69) is 5.32 Å². The standard InChI is InChI=1S/C22H22Cl2N2O3/c1-4-14(2)26-22(27)17(12-25)9-15-6-8-20(21(11-15)28-3)29-13-16-5-7-18(23)19(24)10-16/h5-11,14H,4,13H2,1-3H3,(H,26,27)/b17-9+/t14-/m1/s1. The van der Waals surface area contributed by atoms with Crippen molar-refractivity contribution in [2.24, 2.45) is 0 Å². The van der Waals surface area contributed by atoms with E-state index in [9.17, 15) is 10.1 Å². The Labute approximate surface area is 180 Å². The molecule has 0 aliphatic heterocycles.